The van der Waals surface area contributed by atoms with Gasteiger partial charge in [0.2, 0.25) is 5.95 Å². The third-order valence-electron chi connectivity index (χ3n) is 5.72. The summed E-state index contributed by atoms with van der Waals surface area (Å²) in [4.78, 5) is 22.1. The topological polar surface area (TPSA) is 149 Å². The van der Waals surface area contributed by atoms with Crippen LogP contribution in [0.1, 0.15) is 12.1 Å². The molecular weight excluding hydrogens is 442 g/mol. The fourth-order valence-electron chi connectivity index (χ4n) is 3.98. The third-order valence-corrected chi connectivity index (χ3v) is 6.79. The summed E-state index contributed by atoms with van der Waals surface area (Å²) < 4.78 is 0.983. The monoisotopic (exact) mass is 465 g/mol. The van der Waals surface area contributed by atoms with Crippen LogP contribution >= 0.6 is 11.3 Å². The summed E-state index contributed by atoms with van der Waals surface area (Å²) in [6.45, 7) is 1.70. The summed E-state index contributed by atoms with van der Waals surface area (Å²) in [5, 5.41) is 37.4. The highest BCUT2D eigenvalue weighted by Crippen LogP contribution is 2.36. The van der Waals surface area contributed by atoms with Crippen molar-refractivity contribution in [1.29, 1.82) is 0 Å². The molecule has 0 bridgehead atoms. The Morgan fingerprint density at radius 1 is 1.09 bits per heavy atom. The molecule has 0 saturated heterocycles. The Bertz CT molecular complexity index is 1250. The Labute approximate surface area is 193 Å². The first kappa shape index (κ1) is 21.6. The van der Waals surface area contributed by atoms with Crippen molar-refractivity contribution in [2.24, 2.45) is 5.92 Å². The number of anilines is 3. The number of aliphatic hydroxyl groups excluding tert-OH is 3. The van der Waals surface area contributed by atoms with Crippen LogP contribution in [0.4, 0.5) is 17.5 Å². The van der Waals surface area contributed by atoms with Crippen molar-refractivity contribution >= 4 is 39.0 Å². The van der Waals surface area contributed by atoms with Crippen molar-refractivity contribution in [3.05, 3.63) is 48.7 Å². The first-order valence-corrected chi connectivity index (χ1v) is 11.3. The van der Waals surface area contributed by atoms with Crippen molar-refractivity contribution in [3.8, 4) is 10.6 Å². The quantitative estimate of drug-likeness (QED) is 0.286. The maximum absolute atomic E-state index is 10.5. The lowest BCUT2D eigenvalue weighted by Gasteiger charge is -2.20. The van der Waals surface area contributed by atoms with E-state index in [1.807, 2.05) is 25.1 Å². The van der Waals surface area contributed by atoms with Crippen LogP contribution in [0.3, 0.4) is 0 Å². The number of thiazole rings is 1. The molecule has 4 aromatic rings. The van der Waals surface area contributed by atoms with Gasteiger partial charge in [-0.05, 0) is 31.5 Å². The molecule has 0 amide bonds. The molecule has 4 aromatic heterocycles. The van der Waals surface area contributed by atoms with E-state index in [0.29, 0.717) is 28.8 Å². The predicted octanol–water partition coefficient (Wildman–Crippen LogP) is 2.11. The van der Waals surface area contributed by atoms with E-state index in [2.05, 4.69) is 35.6 Å². The lowest BCUT2D eigenvalue weighted by molar-refractivity contribution is 0.00446. The van der Waals surface area contributed by atoms with Gasteiger partial charge >= 0.3 is 0 Å². The van der Waals surface area contributed by atoms with Gasteiger partial charge in [-0.3, -0.25) is 9.97 Å². The minimum absolute atomic E-state index is 0.202. The zero-order valence-corrected chi connectivity index (χ0v) is 18.6. The minimum atomic E-state index is -1.04. The second kappa shape index (κ2) is 8.94. The van der Waals surface area contributed by atoms with E-state index in [4.69, 9.17) is 0 Å². The highest BCUT2D eigenvalue weighted by atomic mass is 32.1. The first-order valence-electron chi connectivity index (χ1n) is 10.5. The molecule has 1 fully saturated rings. The molecule has 170 valence electrons. The maximum atomic E-state index is 10.5. The van der Waals surface area contributed by atoms with Gasteiger partial charge in [0.15, 0.2) is 0 Å². The fraction of sp³-hybridized carbons (Fsp3) is 0.318. The summed E-state index contributed by atoms with van der Waals surface area (Å²) in [7, 11) is 0. The van der Waals surface area contributed by atoms with Crippen LogP contribution in [0.15, 0.2) is 43.0 Å². The third kappa shape index (κ3) is 4.35. The highest BCUT2D eigenvalue weighted by Gasteiger charge is 2.41. The second-order valence-electron chi connectivity index (χ2n) is 8.04. The zero-order valence-electron chi connectivity index (χ0n) is 17.8. The van der Waals surface area contributed by atoms with Crippen molar-refractivity contribution in [3.63, 3.8) is 0 Å². The van der Waals surface area contributed by atoms with Crippen LogP contribution in [0.25, 0.3) is 20.8 Å². The summed E-state index contributed by atoms with van der Waals surface area (Å²) in [6.07, 6.45) is 5.15. The average molecular weight is 466 g/mol. The van der Waals surface area contributed by atoms with E-state index in [0.717, 1.165) is 21.6 Å². The van der Waals surface area contributed by atoms with Gasteiger partial charge in [0, 0.05) is 42.5 Å². The number of rotatable bonds is 6. The SMILES string of the molecule is Cc1cc(Nc2ncc(-c3nc4cnccc4s3)c(NC3CC(CO)C(O)C3O)n2)ccn1. The molecule has 0 radical (unpaired) electrons. The molecule has 4 heterocycles. The standard InChI is InChI=1S/C22H23N7O3S/c1-11-6-13(2-5-24-11)26-22-25-8-14(21-28-16-9-23-4-3-17(16)33-21)20(29-22)27-15-7-12(10-30)18(31)19(15)32/h2-6,8-9,12,15,18-19,30-32H,7,10H2,1H3,(H2,24,25,26,27,29). The lowest BCUT2D eigenvalue weighted by atomic mass is 10.1. The molecule has 5 N–H and O–H groups in total. The Hall–Kier alpha value is -3.25. The van der Waals surface area contributed by atoms with Gasteiger partial charge in [0.05, 0.1) is 28.6 Å². The van der Waals surface area contributed by atoms with E-state index >= 15 is 0 Å². The van der Waals surface area contributed by atoms with E-state index in [-0.39, 0.29) is 6.61 Å². The average Bonchev–Trinajstić information content (AvgIpc) is 3.35. The molecule has 4 atom stereocenters. The van der Waals surface area contributed by atoms with Crippen LogP contribution in [0.5, 0.6) is 0 Å². The van der Waals surface area contributed by atoms with Crippen LogP contribution in [-0.2, 0) is 0 Å². The summed E-state index contributed by atoms with van der Waals surface area (Å²) in [5.74, 6) is 0.426. The number of aryl methyl sites for hydroxylation is 1. The number of pyridine rings is 2. The molecular formula is C22H23N7O3S. The number of hydrogen-bond acceptors (Lipinski definition) is 11. The van der Waals surface area contributed by atoms with Crippen molar-refractivity contribution in [2.75, 3.05) is 17.2 Å². The zero-order chi connectivity index (χ0) is 22.9. The second-order valence-corrected chi connectivity index (χ2v) is 9.07. The molecule has 0 aromatic carbocycles. The smallest absolute Gasteiger partial charge is 0.229 e. The summed E-state index contributed by atoms with van der Waals surface area (Å²) in [6, 6.07) is 5.11. The van der Waals surface area contributed by atoms with Crippen LogP contribution in [0, 0.1) is 12.8 Å². The molecule has 11 heteroatoms. The Kier molecular flexibility index (Phi) is 5.85. The van der Waals surface area contributed by atoms with Gasteiger partial charge in [0.1, 0.15) is 22.4 Å². The number of fused-ring (bicyclic) bond motifs is 1. The van der Waals surface area contributed by atoms with Gasteiger partial charge < -0.3 is 26.0 Å². The fourth-order valence-corrected chi connectivity index (χ4v) is 4.92. The number of aromatic nitrogens is 5. The Balaban J connectivity index is 1.52. The molecule has 33 heavy (non-hydrogen) atoms. The van der Waals surface area contributed by atoms with E-state index in [9.17, 15) is 15.3 Å². The molecule has 4 unspecified atom stereocenters. The van der Waals surface area contributed by atoms with E-state index in [1.165, 1.54) is 11.3 Å². The van der Waals surface area contributed by atoms with Gasteiger partial charge in [0.25, 0.3) is 0 Å². The summed E-state index contributed by atoms with van der Waals surface area (Å²) in [5.41, 5.74) is 3.09. The molecule has 1 aliphatic carbocycles. The Morgan fingerprint density at radius 2 is 1.97 bits per heavy atom. The number of aliphatic hydroxyl groups is 3. The molecule has 5 rings (SSSR count). The molecule has 0 aliphatic heterocycles. The van der Waals surface area contributed by atoms with Gasteiger partial charge in [-0.15, -0.1) is 11.3 Å². The molecule has 0 spiro atoms. The Morgan fingerprint density at radius 3 is 2.73 bits per heavy atom. The van der Waals surface area contributed by atoms with Crippen molar-refractivity contribution in [1.82, 2.24) is 24.9 Å². The van der Waals surface area contributed by atoms with Crippen LogP contribution < -0.4 is 10.6 Å². The summed E-state index contributed by atoms with van der Waals surface area (Å²) >= 11 is 1.49. The minimum Gasteiger partial charge on any atom is -0.396 e. The predicted molar refractivity (Wildman–Crippen MR) is 125 cm³/mol. The van der Waals surface area contributed by atoms with Crippen LogP contribution in [-0.4, -0.2) is 65.1 Å². The molecule has 10 nitrogen and oxygen atoms in total. The van der Waals surface area contributed by atoms with E-state index < -0.39 is 24.2 Å². The highest BCUT2D eigenvalue weighted by molar-refractivity contribution is 7.21. The lowest BCUT2D eigenvalue weighted by Crippen LogP contribution is -2.35. The van der Waals surface area contributed by atoms with E-state index in [1.54, 1.807) is 24.8 Å². The molecule has 1 saturated carbocycles. The largest absolute Gasteiger partial charge is 0.396 e. The van der Waals surface area contributed by atoms with Crippen LogP contribution in [0.2, 0.25) is 0 Å². The molecule has 1 aliphatic rings. The maximum Gasteiger partial charge on any atom is 0.229 e. The van der Waals surface area contributed by atoms with Gasteiger partial charge in [-0.25, -0.2) is 9.97 Å². The van der Waals surface area contributed by atoms with Gasteiger partial charge in [-0.2, -0.15) is 4.98 Å². The number of nitrogens with zero attached hydrogens (tertiary/aromatic N) is 5. The van der Waals surface area contributed by atoms with Crippen molar-refractivity contribution in [2.45, 2.75) is 31.6 Å². The first-order chi connectivity index (χ1) is 16.0. The number of nitrogens with one attached hydrogen (secondary N) is 2. The number of hydrogen-bond donors (Lipinski definition) is 5. The normalized spacial score (nSPS) is 22.5. The van der Waals surface area contributed by atoms with Gasteiger partial charge in [-0.1, -0.05) is 0 Å². The van der Waals surface area contributed by atoms with Crippen molar-refractivity contribution < 1.29 is 15.3 Å².